The van der Waals surface area contributed by atoms with E-state index in [4.69, 9.17) is 0 Å². The maximum atomic E-state index is 12.3. The summed E-state index contributed by atoms with van der Waals surface area (Å²) in [5.74, 6) is -0.676. The third kappa shape index (κ3) is 4.34. The molecule has 1 N–H and O–H groups in total. The van der Waals surface area contributed by atoms with Gasteiger partial charge < -0.3 is 0 Å². The summed E-state index contributed by atoms with van der Waals surface area (Å²) in [4.78, 5) is 12.4. The average molecular weight is 420 g/mol. The Kier molecular flexibility index (Phi) is 5.00. The Morgan fingerprint density at radius 3 is 2.56 bits per heavy atom. The standard InChI is InChI=1S/C17H14BrN3O3S/c18-15-5-7-16(8-6-15)25(23,24)20-17(22)14-4-1-3-13(11-14)12-21-10-2-9-19-21/h1-11H,12H2,(H,20,22). The molecule has 1 amide bonds. The molecule has 0 aliphatic carbocycles. The lowest BCUT2D eigenvalue weighted by molar-refractivity contribution is 0.0981. The summed E-state index contributed by atoms with van der Waals surface area (Å²) in [5, 5.41) is 4.11. The monoisotopic (exact) mass is 419 g/mol. The number of hydrogen-bond donors (Lipinski definition) is 1. The van der Waals surface area contributed by atoms with Gasteiger partial charge in [0, 0.05) is 22.4 Å². The maximum Gasteiger partial charge on any atom is 0.265 e. The fraction of sp³-hybridized carbons (Fsp3) is 0.0588. The van der Waals surface area contributed by atoms with Crippen LogP contribution in [0.5, 0.6) is 0 Å². The smallest absolute Gasteiger partial charge is 0.265 e. The third-order valence-electron chi connectivity index (χ3n) is 3.44. The second-order valence-corrected chi connectivity index (χ2v) is 7.89. The molecule has 0 saturated heterocycles. The fourth-order valence-electron chi connectivity index (χ4n) is 2.25. The lowest BCUT2D eigenvalue weighted by Crippen LogP contribution is -2.30. The topological polar surface area (TPSA) is 81.1 Å². The molecular formula is C17H14BrN3O3S. The van der Waals surface area contributed by atoms with E-state index in [0.717, 1.165) is 10.0 Å². The van der Waals surface area contributed by atoms with Gasteiger partial charge in [-0.2, -0.15) is 5.10 Å². The molecule has 1 aromatic heterocycles. The number of halogens is 1. The molecular weight excluding hydrogens is 406 g/mol. The van der Waals surface area contributed by atoms with Crippen molar-refractivity contribution in [3.63, 3.8) is 0 Å². The van der Waals surface area contributed by atoms with E-state index < -0.39 is 15.9 Å². The van der Waals surface area contributed by atoms with Gasteiger partial charge in [-0.1, -0.05) is 28.1 Å². The number of nitrogens with zero attached hydrogens (tertiary/aromatic N) is 2. The highest BCUT2D eigenvalue weighted by Crippen LogP contribution is 2.15. The van der Waals surface area contributed by atoms with E-state index in [9.17, 15) is 13.2 Å². The number of rotatable bonds is 5. The molecule has 0 radical (unpaired) electrons. The van der Waals surface area contributed by atoms with Gasteiger partial charge in [-0.25, -0.2) is 13.1 Å². The Bertz CT molecular complexity index is 984. The Balaban J connectivity index is 1.77. The minimum atomic E-state index is -3.93. The third-order valence-corrected chi connectivity index (χ3v) is 5.32. The molecule has 0 spiro atoms. The van der Waals surface area contributed by atoms with Crippen LogP contribution in [0, 0.1) is 0 Å². The van der Waals surface area contributed by atoms with Gasteiger partial charge in [-0.05, 0) is 48.0 Å². The maximum absolute atomic E-state index is 12.3. The SMILES string of the molecule is O=C(NS(=O)(=O)c1ccc(Br)cc1)c1cccc(Cn2cccn2)c1. The van der Waals surface area contributed by atoms with Crippen LogP contribution in [0.25, 0.3) is 0 Å². The second kappa shape index (κ2) is 7.20. The lowest BCUT2D eigenvalue weighted by atomic mass is 10.1. The summed E-state index contributed by atoms with van der Waals surface area (Å²) in [5.41, 5.74) is 1.11. The quantitative estimate of drug-likeness (QED) is 0.689. The van der Waals surface area contributed by atoms with Crippen molar-refractivity contribution in [2.75, 3.05) is 0 Å². The van der Waals surface area contributed by atoms with Crippen LogP contribution in [0.15, 0.2) is 76.4 Å². The van der Waals surface area contributed by atoms with Crippen LogP contribution in [-0.4, -0.2) is 24.1 Å². The molecule has 8 heteroatoms. The van der Waals surface area contributed by atoms with Gasteiger partial charge in [-0.15, -0.1) is 0 Å². The Hall–Kier alpha value is -2.45. The van der Waals surface area contributed by atoms with Gasteiger partial charge in [0.15, 0.2) is 0 Å². The number of amides is 1. The molecule has 1 heterocycles. The van der Waals surface area contributed by atoms with Gasteiger partial charge >= 0.3 is 0 Å². The minimum Gasteiger partial charge on any atom is -0.268 e. The van der Waals surface area contributed by atoms with Crippen molar-refractivity contribution >= 4 is 31.9 Å². The van der Waals surface area contributed by atoms with E-state index in [-0.39, 0.29) is 10.5 Å². The van der Waals surface area contributed by atoms with Crippen LogP contribution in [0.1, 0.15) is 15.9 Å². The number of nitrogens with one attached hydrogen (secondary N) is 1. The Morgan fingerprint density at radius 1 is 1.12 bits per heavy atom. The van der Waals surface area contributed by atoms with Crippen LogP contribution in [0.4, 0.5) is 0 Å². The lowest BCUT2D eigenvalue weighted by Gasteiger charge is -2.08. The van der Waals surface area contributed by atoms with E-state index >= 15 is 0 Å². The predicted molar refractivity (Wildman–Crippen MR) is 96.6 cm³/mol. The fourth-order valence-corrected chi connectivity index (χ4v) is 3.48. The van der Waals surface area contributed by atoms with Gasteiger partial charge in [0.1, 0.15) is 0 Å². The molecule has 0 atom stereocenters. The summed E-state index contributed by atoms with van der Waals surface area (Å²) < 4.78 is 29.2. The van der Waals surface area contributed by atoms with E-state index in [0.29, 0.717) is 6.54 Å². The van der Waals surface area contributed by atoms with Crippen molar-refractivity contribution in [1.29, 1.82) is 0 Å². The van der Waals surface area contributed by atoms with Crippen molar-refractivity contribution in [3.8, 4) is 0 Å². The number of sulfonamides is 1. The van der Waals surface area contributed by atoms with Crippen LogP contribution < -0.4 is 4.72 Å². The molecule has 6 nitrogen and oxygen atoms in total. The molecule has 128 valence electrons. The van der Waals surface area contributed by atoms with Crippen LogP contribution in [-0.2, 0) is 16.6 Å². The summed E-state index contributed by atoms with van der Waals surface area (Å²) in [6.45, 7) is 0.494. The zero-order valence-corrected chi connectivity index (χ0v) is 15.4. The van der Waals surface area contributed by atoms with E-state index in [1.165, 1.54) is 12.1 Å². The van der Waals surface area contributed by atoms with Gasteiger partial charge in [0.05, 0.1) is 11.4 Å². The second-order valence-electron chi connectivity index (χ2n) is 5.29. The number of aromatic nitrogens is 2. The normalized spacial score (nSPS) is 11.2. The molecule has 0 aliphatic rings. The summed E-state index contributed by atoms with van der Waals surface area (Å²) in [6.07, 6.45) is 3.48. The molecule has 0 saturated carbocycles. The van der Waals surface area contributed by atoms with Gasteiger partial charge in [0.25, 0.3) is 15.9 Å². The first-order valence-electron chi connectivity index (χ1n) is 7.33. The molecule has 25 heavy (non-hydrogen) atoms. The predicted octanol–water partition coefficient (Wildman–Crippen LogP) is 2.81. The first kappa shape index (κ1) is 17.4. The average Bonchev–Trinajstić information content (AvgIpc) is 3.08. The van der Waals surface area contributed by atoms with E-state index in [1.807, 2.05) is 12.3 Å². The first-order chi connectivity index (χ1) is 11.9. The summed E-state index contributed by atoms with van der Waals surface area (Å²) in [7, 11) is -3.93. The highest BCUT2D eigenvalue weighted by molar-refractivity contribution is 9.10. The Morgan fingerprint density at radius 2 is 1.88 bits per heavy atom. The molecule has 3 rings (SSSR count). The minimum absolute atomic E-state index is 0.0248. The molecule has 0 fully saturated rings. The number of benzene rings is 2. The summed E-state index contributed by atoms with van der Waals surface area (Å²) >= 11 is 3.24. The van der Waals surface area contributed by atoms with Crippen LogP contribution in [0.3, 0.4) is 0 Å². The van der Waals surface area contributed by atoms with Crippen LogP contribution in [0.2, 0.25) is 0 Å². The Labute approximate surface area is 153 Å². The first-order valence-corrected chi connectivity index (χ1v) is 9.61. The number of carbonyl (C=O) groups excluding carboxylic acids is 1. The highest BCUT2D eigenvalue weighted by Gasteiger charge is 2.18. The molecule has 2 aromatic carbocycles. The largest absolute Gasteiger partial charge is 0.268 e. The summed E-state index contributed by atoms with van der Waals surface area (Å²) in [6, 6.07) is 14.6. The molecule has 0 bridgehead atoms. The van der Waals surface area contributed by atoms with Crippen molar-refractivity contribution in [2.24, 2.45) is 0 Å². The van der Waals surface area contributed by atoms with Crippen molar-refractivity contribution in [2.45, 2.75) is 11.4 Å². The number of carbonyl (C=O) groups is 1. The van der Waals surface area contributed by atoms with Gasteiger partial charge in [-0.3, -0.25) is 9.48 Å². The van der Waals surface area contributed by atoms with E-state index in [2.05, 4.69) is 25.8 Å². The number of hydrogen-bond acceptors (Lipinski definition) is 4. The molecule has 0 aliphatic heterocycles. The zero-order valence-electron chi connectivity index (χ0n) is 13.0. The van der Waals surface area contributed by atoms with Crippen LogP contribution >= 0.6 is 15.9 Å². The van der Waals surface area contributed by atoms with Crippen molar-refractivity contribution in [1.82, 2.24) is 14.5 Å². The zero-order chi connectivity index (χ0) is 17.9. The van der Waals surface area contributed by atoms with Crippen molar-refractivity contribution in [3.05, 3.63) is 82.6 Å². The highest BCUT2D eigenvalue weighted by atomic mass is 79.9. The van der Waals surface area contributed by atoms with E-state index in [1.54, 1.807) is 47.3 Å². The molecule has 3 aromatic rings. The van der Waals surface area contributed by atoms with Crippen molar-refractivity contribution < 1.29 is 13.2 Å². The molecule has 0 unspecified atom stereocenters. The van der Waals surface area contributed by atoms with Gasteiger partial charge in [0.2, 0.25) is 0 Å².